The first-order valence-electron chi connectivity index (χ1n) is 3.27. The molecule has 62 valence electrons. The van der Waals surface area contributed by atoms with Gasteiger partial charge in [-0.1, -0.05) is 21.3 Å². The Morgan fingerprint density at radius 3 is 2.00 bits per heavy atom. The van der Waals surface area contributed by atoms with Crippen molar-refractivity contribution in [1.29, 1.82) is 0 Å². The Hall–Kier alpha value is -0.790. The van der Waals surface area contributed by atoms with Crippen LogP contribution in [0.2, 0.25) is 0 Å². The van der Waals surface area contributed by atoms with Gasteiger partial charge in [0.2, 0.25) is 0 Å². The third kappa shape index (κ3) is 3.28. The highest BCUT2D eigenvalue weighted by atomic mass is 15.1. The van der Waals surface area contributed by atoms with E-state index in [-0.39, 0.29) is 8.85 Å². The number of rotatable bonds is 0. The van der Waals surface area contributed by atoms with Crippen LogP contribution in [0.4, 0.5) is 0 Å². The predicted octanol–water partition coefficient (Wildman–Crippen LogP) is 2.93. The molecular formula is C8H20N2. The topological polar surface area (TPSA) is 28.7 Å². The van der Waals surface area contributed by atoms with Gasteiger partial charge in [-0.2, -0.15) is 5.10 Å². The molecule has 0 fully saturated rings. The van der Waals surface area contributed by atoms with Gasteiger partial charge in [0.05, 0.1) is 6.20 Å². The second-order valence-electron chi connectivity index (χ2n) is 1.68. The molecule has 0 amide bonds. The number of aromatic amines is 1. The fourth-order valence-electron chi connectivity index (χ4n) is 0.411. The molecule has 0 atom stereocenters. The molecule has 1 aromatic rings. The molecule has 0 spiro atoms. The van der Waals surface area contributed by atoms with E-state index < -0.39 is 0 Å². The molecule has 0 aliphatic carbocycles. The maximum atomic E-state index is 3.80. The molecule has 0 radical (unpaired) electrons. The zero-order chi connectivity index (χ0) is 7.28. The summed E-state index contributed by atoms with van der Waals surface area (Å²) in [5.41, 5.74) is 2.38. The van der Waals surface area contributed by atoms with Crippen LogP contribution in [0, 0.1) is 13.8 Å². The smallest absolute Gasteiger partial charge is 0.0519 e. The molecule has 0 bridgehead atoms. The Balaban J connectivity index is -0.000000149. The van der Waals surface area contributed by atoms with Gasteiger partial charge in [0.15, 0.2) is 0 Å². The molecule has 10 heavy (non-hydrogen) atoms. The Kier molecular flexibility index (Phi) is 7.56. The molecule has 0 saturated heterocycles. The lowest BCUT2D eigenvalue weighted by Gasteiger charge is -1.78. The van der Waals surface area contributed by atoms with Gasteiger partial charge in [-0.3, -0.25) is 5.10 Å². The molecule has 2 nitrogen and oxygen atoms in total. The largest absolute Gasteiger partial charge is 0.283 e. The first kappa shape index (κ1) is 11.9. The number of aryl methyl sites for hydroxylation is 2. The highest BCUT2D eigenvalue weighted by Gasteiger charge is 1.87. The van der Waals surface area contributed by atoms with E-state index in [9.17, 15) is 0 Å². The van der Waals surface area contributed by atoms with Crippen LogP contribution in [0.5, 0.6) is 0 Å². The first-order chi connectivity index (χ1) is 4.30. The van der Waals surface area contributed by atoms with Crippen molar-refractivity contribution in [2.45, 2.75) is 35.1 Å². The van der Waals surface area contributed by atoms with Crippen LogP contribution in [-0.4, -0.2) is 10.2 Å². The highest BCUT2D eigenvalue weighted by Crippen LogP contribution is 1.96. The number of H-pyrrole nitrogens is 1. The summed E-state index contributed by atoms with van der Waals surface area (Å²) in [5.74, 6) is 0. The number of aromatic nitrogens is 2. The predicted molar refractivity (Wildman–Crippen MR) is 48.3 cm³/mol. The minimum absolute atomic E-state index is 0. The maximum absolute atomic E-state index is 3.80. The summed E-state index contributed by atoms with van der Waals surface area (Å²) in [6.45, 7) is 8.03. The van der Waals surface area contributed by atoms with Crippen molar-refractivity contribution in [3.8, 4) is 0 Å². The summed E-state index contributed by atoms with van der Waals surface area (Å²) in [6, 6.07) is 0. The van der Waals surface area contributed by atoms with E-state index in [0.717, 1.165) is 5.69 Å². The second kappa shape index (κ2) is 6.33. The standard InChI is InChI=1S/C5H8N2.C2H6.CH4.H2/c1-4-3-6-7-5(4)2;1-2;;/h3H,1-2H3,(H,6,7);1-2H3;1H4;1H. The lowest BCUT2D eigenvalue weighted by Crippen LogP contribution is -1.70. The molecule has 1 rings (SSSR count). The number of hydrogen-bond donors (Lipinski definition) is 1. The average Bonchev–Trinajstić information content (AvgIpc) is 2.23. The van der Waals surface area contributed by atoms with Crippen molar-refractivity contribution < 1.29 is 1.43 Å². The average molecular weight is 144 g/mol. The molecule has 0 aromatic carbocycles. The van der Waals surface area contributed by atoms with E-state index >= 15 is 0 Å². The van der Waals surface area contributed by atoms with Gasteiger partial charge >= 0.3 is 0 Å². The maximum Gasteiger partial charge on any atom is 0.0519 e. The molecule has 2 heteroatoms. The van der Waals surface area contributed by atoms with E-state index in [2.05, 4.69) is 10.2 Å². The minimum atomic E-state index is 0. The highest BCUT2D eigenvalue weighted by molar-refractivity contribution is 5.10. The fourth-order valence-corrected chi connectivity index (χ4v) is 0.411. The van der Waals surface area contributed by atoms with Gasteiger partial charge in [0, 0.05) is 7.12 Å². The molecule has 1 heterocycles. The Bertz CT molecular complexity index is 144. The van der Waals surface area contributed by atoms with Gasteiger partial charge in [0.1, 0.15) is 0 Å². The SMILES string of the molecule is C.CC.Cc1cn[nH]c1C.[HH]. The van der Waals surface area contributed by atoms with Crippen molar-refractivity contribution in [2.75, 3.05) is 0 Å². The van der Waals surface area contributed by atoms with Crippen LogP contribution in [-0.2, 0) is 0 Å². The number of nitrogens with one attached hydrogen (secondary N) is 1. The quantitative estimate of drug-likeness (QED) is 0.596. The van der Waals surface area contributed by atoms with Gasteiger partial charge in [-0.15, -0.1) is 0 Å². The zero-order valence-electron chi connectivity index (χ0n) is 6.52. The molecule has 0 aliphatic rings. The normalized spacial score (nSPS) is 7.20. The minimum Gasteiger partial charge on any atom is -0.283 e. The second-order valence-corrected chi connectivity index (χ2v) is 1.68. The monoisotopic (exact) mass is 144 g/mol. The lowest BCUT2D eigenvalue weighted by molar-refractivity contribution is 1.04. The summed E-state index contributed by atoms with van der Waals surface area (Å²) < 4.78 is 0. The molecule has 0 unspecified atom stereocenters. The van der Waals surface area contributed by atoms with Crippen LogP contribution in [0.15, 0.2) is 6.20 Å². The molecule has 0 aliphatic heterocycles. The van der Waals surface area contributed by atoms with Crippen molar-refractivity contribution in [3.63, 3.8) is 0 Å². The third-order valence-electron chi connectivity index (χ3n) is 1.08. The van der Waals surface area contributed by atoms with Crippen molar-refractivity contribution in [3.05, 3.63) is 17.5 Å². The van der Waals surface area contributed by atoms with Gasteiger partial charge in [-0.25, -0.2) is 0 Å². The van der Waals surface area contributed by atoms with Crippen LogP contribution in [0.1, 0.15) is 34.0 Å². The summed E-state index contributed by atoms with van der Waals surface area (Å²) >= 11 is 0. The van der Waals surface area contributed by atoms with Crippen LogP contribution in [0.3, 0.4) is 0 Å². The van der Waals surface area contributed by atoms with Crippen LogP contribution in [0.25, 0.3) is 0 Å². The van der Waals surface area contributed by atoms with Crippen molar-refractivity contribution in [2.24, 2.45) is 0 Å². The third-order valence-corrected chi connectivity index (χ3v) is 1.08. The van der Waals surface area contributed by atoms with E-state index in [4.69, 9.17) is 0 Å². The van der Waals surface area contributed by atoms with E-state index in [0.29, 0.717) is 0 Å². The Morgan fingerprint density at radius 2 is 1.90 bits per heavy atom. The Morgan fingerprint density at radius 1 is 1.40 bits per heavy atom. The first-order valence-corrected chi connectivity index (χ1v) is 3.27. The molecule has 0 saturated carbocycles. The summed E-state index contributed by atoms with van der Waals surface area (Å²) in [6.07, 6.45) is 1.81. The molecular weight excluding hydrogens is 124 g/mol. The van der Waals surface area contributed by atoms with Gasteiger partial charge in [0.25, 0.3) is 0 Å². The van der Waals surface area contributed by atoms with Crippen molar-refractivity contribution in [1.82, 2.24) is 10.2 Å². The van der Waals surface area contributed by atoms with Crippen molar-refractivity contribution >= 4 is 0 Å². The summed E-state index contributed by atoms with van der Waals surface area (Å²) in [7, 11) is 0. The summed E-state index contributed by atoms with van der Waals surface area (Å²) in [5, 5.41) is 6.61. The van der Waals surface area contributed by atoms with E-state index in [1.54, 1.807) is 0 Å². The fraction of sp³-hybridized carbons (Fsp3) is 0.625. The Labute approximate surface area is 65.1 Å². The van der Waals surface area contributed by atoms with Gasteiger partial charge in [-0.05, 0) is 19.4 Å². The van der Waals surface area contributed by atoms with E-state index in [1.807, 2.05) is 33.9 Å². The molecule has 1 N–H and O–H groups in total. The number of nitrogens with zero attached hydrogens (tertiary/aromatic N) is 1. The number of hydrogen-bond acceptors (Lipinski definition) is 1. The van der Waals surface area contributed by atoms with Crippen LogP contribution >= 0.6 is 0 Å². The lowest BCUT2D eigenvalue weighted by atomic mass is 10.3. The zero-order valence-corrected chi connectivity index (χ0v) is 6.52. The van der Waals surface area contributed by atoms with Crippen LogP contribution < -0.4 is 0 Å². The van der Waals surface area contributed by atoms with Gasteiger partial charge < -0.3 is 0 Å². The van der Waals surface area contributed by atoms with E-state index in [1.165, 1.54) is 5.56 Å². The summed E-state index contributed by atoms with van der Waals surface area (Å²) in [4.78, 5) is 0. The molecule has 1 aromatic heterocycles.